The van der Waals surface area contributed by atoms with Crippen molar-refractivity contribution in [2.75, 3.05) is 31.1 Å². The first-order valence-electron chi connectivity index (χ1n) is 8.70. The van der Waals surface area contributed by atoms with E-state index in [4.69, 9.17) is 5.73 Å². The van der Waals surface area contributed by atoms with Crippen LogP contribution in [0.15, 0.2) is 12.1 Å². The van der Waals surface area contributed by atoms with Gasteiger partial charge in [0.15, 0.2) is 0 Å². The third-order valence-corrected chi connectivity index (χ3v) is 8.06. The molecule has 2 aliphatic rings. The first-order chi connectivity index (χ1) is 13.0. The number of nitrogens with zero attached hydrogens (tertiary/aromatic N) is 2. The second-order valence-corrected chi connectivity index (χ2v) is 10.4. The van der Waals surface area contributed by atoms with Crippen molar-refractivity contribution in [1.29, 1.82) is 0 Å². The predicted octanol–water partition coefficient (Wildman–Crippen LogP) is 1.86. The van der Waals surface area contributed by atoms with Gasteiger partial charge in [-0.15, -0.1) is 11.3 Å². The fraction of sp³-hybridized carbons (Fsp3) is 0.625. The highest BCUT2D eigenvalue weighted by Gasteiger charge is 2.40. The van der Waals surface area contributed by atoms with Gasteiger partial charge in [-0.3, -0.25) is 4.79 Å². The normalized spacial score (nSPS) is 23.6. The fourth-order valence-electron chi connectivity index (χ4n) is 3.55. The Morgan fingerprint density at radius 2 is 1.79 bits per heavy atom. The molecule has 2 saturated heterocycles. The van der Waals surface area contributed by atoms with E-state index in [1.807, 2.05) is 0 Å². The molecule has 1 aromatic heterocycles. The van der Waals surface area contributed by atoms with Crippen LogP contribution in [0, 0.1) is 5.92 Å². The quantitative estimate of drug-likeness (QED) is 0.760. The Morgan fingerprint density at radius 1 is 1.14 bits per heavy atom. The number of hydrogen-bond acceptors (Lipinski definition) is 5. The summed E-state index contributed by atoms with van der Waals surface area (Å²) in [5, 5.41) is 0. The fourth-order valence-corrected chi connectivity index (χ4v) is 6.02. The van der Waals surface area contributed by atoms with E-state index in [2.05, 4.69) is 0 Å². The maximum Gasteiger partial charge on any atom is 0.425 e. The molecule has 156 valence electrons. The first kappa shape index (κ1) is 20.9. The zero-order valence-corrected chi connectivity index (χ0v) is 16.4. The Hall–Kier alpha value is -1.82. The molecular weight excluding hydrogens is 419 g/mol. The van der Waals surface area contributed by atoms with Gasteiger partial charge in [-0.2, -0.15) is 13.2 Å². The Balaban J connectivity index is 1.84. The highest BCUT2D eigenvalue weighted by atomic mass is 32.2. The summed E-state index contributed by atoms with van der Waals surface area (Å²) in [5.41, 5.74) is 5.32. The average Bonchev–Trinajstić information content (AvgIpc) is 3.11. The molecule has 1 unspecified atom stereocenters. The van der Waals surface area contributed by atoms with Gasteiger partial charge in [0.25, 0.3) is 0 Å². The maximum absolute atomic E-state index is 13.0. The number of alkyl halides is 3. The standard InChI is InChI=1S/C16H20F3N3O4S2/c17-16(18,19)13-2-1-12(27-13)11-9-21(15(20)24)5-6-22(11)14(23)10-3-7-28(25,26)8-4-10/h1-2,10-11H,3-9H2,(H2,20,24). The number of carbonyl (C=O) groups excluding carboxylic acids is 2. The summed E-state index contributed by atoms with van der Waals surface area (Å²) < 4.78 is 62.2. The van der Waals surface area contributed by atoms with Crippen LogP contribution >= 0.6 is 11.3 Å². The molecule has 0 radical (unpaired) electrons. The number of carbonyl (C=O) groups is 2. The molecule has 0 bridgehead atoms. The largest absolute Gasteiger partial charge is 0.425 e. The molecule has 12 heteroatoms. The minimum atomic E-state index is -4.49. The number of halogens is 3. The van der Waals surface area contributed by atoms with Gasteiger partial charge in [0.1, 0.15) is 14.7 Å². The van der Waals surface area contributed by atoms with Crippen molar-refractivity contribution in [2.45, 2.75) is 25.1 Å². The minimum Gasteiger partial charge on any atom is -0.351 e. The molecule has 3 heterocycles. The predicted molar refractivity (Wildman–Crippen MR) is 96.3 cm³/mol. The van der Waals surface area contributed by atoms with E-state index in [9.17, 15) is 31.2 Å². The van der Waals surface area contributed by atoms with E-state index in [0.717, 1.165) is 6.07 Å². The summed E-state index contributed by atoms with van der Waals surface area (Å²) in [6.07, 6.45) is -4.10. The molecular formula is C16H20F3N3O4S2. The van der Waals surface area contributed by atoms with Gasteiger partial charge >= 0.3 is 12.2 Å². The molecule has 2 fully saturated rings. The second-order valence-electron chi connectivity index (χ2n) is 6.96. The van der Waals surface area contributed by atoms with Gasteiger partial charge in [-0.25, -0.2) is 13.2 Å². The molecule has 1 atom stereocenters. The number of urea groups is 1. The van der Waals surface area contributed by atoms with Crippen LogP contribution in [0.2, 0.25) is 0 Å². The van der Waals surface area contributed by atoms with E-state index in [-0.39, 0.29) is 49.9 Å². The zero-order chi connectivity index (χ0) is 20.7. The molecule has 0 spiro atoms. The van der Waals surface area contributed by atoms with Gasteiger partial charge in [-0.1, -0.05) is 0 Å². The van der Waals surface area contributed by atoms with E-state index >= 15 is 0 Å². The number of nitrogens with two attached hydrogens (primary N) is 1. The first-order valence-corrected chi connectivity index (χ1v) is 11.3. The van der Waals surface area contributed by atoms with Crippen molar-refractivity contribution in [2.24, 2.45) is 11.7 Å². The van der Waals surface area contributed by atoms with Crippen LogP contribution in [0.3, 0.4) is 0 Å². The minimum absolute atomic E-state index is 0.00387. The summed E-state index contributed by atoms with van der Waals surface area (Å²) in [4.78, 5) is 26.9. The number of amides is 3. The van der Waals surface area contributed by atoms with Crippen molar-refractivity contribution in [3.63, 3.8) is 0 Å². The van der Waals surface area contributed by atoms with Crippen LogP contribution in [0.4, 0.5) is 18.0 Å². The van der Waals surface area contributed by atoms with Crippen molar-refractivity contribution in [3.05, 3.63) is 21.9 Å². The highest BCUT2D eigenvalue weighted by Crippen LogP contribution is 2.39. The SMILES string of the molecule is NC(=O)N1CCN(C(=O)C2CCS(=O)(=O)CC2)C(c2ccc(C(F)(F)F)s2)C1. The van der Waals surface area contributed by atoms with Crippen LogP contribution in [0.1, 0.15) is 28.6 Å². The van der Waals surface area contributed by atoms with E-state index in [1.54, 1.807) is 0 Å². The summed E-state index contributed by atoms with van der Waals surface area (Å²) in [5.74, 6) is -0.932. The molecule has 3 amide bonds. The molecule has 7 nitrogen and oxygen atoms in total. The number of thiophene rings is 1. The number of piperazine rings is 1. The van der Waals surface area contributed by atoms with E-state index in [1.165, 1.54) is 15.9 Å². The van der Waals surface area contributed by atoms with Crippen molar-refractivity contribution < 1.29 is 31.2 Å². The Bertz CT molecular complexity index is 855. The van der Waals surface area contributed by atoms with Gasteiger partial charge in [0.05, 0.1) is 17.5 Å². The molecule has 28 heavy (non-hydrogen) atoms. The summed E-state index contributed by atoms with van der Waals surface area (Å²) in [6, 6.07) is 0.828. The molecule has 1 aromatic rings. The van der Waals surface area contributed by atoms with Crippen molar-refractivity contribution in [1.82, 2.24) is 9.80 Å². The second kappa shape index (κ2) is 7.54. The summed E-state index contributed by atoms with van der Waals surface area (Å²) in [6.45, 7) is 0.318. The molecule has 2 N–H and O–H groups in total. The van der Waals surface area contributed by atoms with Crippen molar-refractivity contribution in [3.8, 4) is 0 Å². The lowest BCUT2D eigenvalue weighted by molar-refractivity contribution is -0.140. The van der Waals surface area contributed by atoms with Crippen LogP contribution in [-0.2, 0) is 20.8 Å². The topological polar surface area (TPSA) is 101 Å². The van der Waals surface area contributed by atoms with Gasteiger partial charge in [0.2, 0.25) is 5.91 Å². The summed E-state index contributed by atoms with van der Waals surface area (Å²) >= 11 is 0.534. The molecule has 3 rings (SSSR count). The Morgan fingerprint density at radius 3 is 2.32 bits per heavy atom. The molecule has 0 saturated carbocycles. The smallest absolute Gasteiger partial charge is 0.351 e. The number of primary amides is 1. The van der Waals surface area contributed by atoms with E-state index < -0.39 is 38.9 Å². The lowest BCUT2D eigenvalue weighted by atomic mass is 9.98. The Labute approximate surface area is 164 Å². The van der Waals surface area contributed by atoms with Crippen LogP contribution in [-0.4, -0.2) is 61.3 Å². The number of rotatable bonds is 2. The van der Waals surface area contributed by atoms with Gasteiger partial charge in [-0.05, 0) is 25.0 Å². The maximum atomic E-state index is 13.0. The van der Waals surface area contributed by atoms with Gasteiger partial charge in [0, 0.05) is 30.4 Å². The lowest BCUT2D eigenvalue weighted by Crippen LogP contribution is -2.55. The average molecular weight is 439 g/mol. The Kier molecular flexibility index (Phi) is 5.63. The lowest BCUT2D eigenvalue weighted by Gasteiger charge is -2.42. The molecule has 2 aliphatic heterocycles. The molecule has 0 aliphatic carbocycles. The number of sulfone groups is 1. The van der Waals surface area contributed by atoms with Gasteiger partial charge < -0.3 is 15.5 Å². The third-order valence-electron chi connectivity index (χ3n) is 5.11. The number of hydrogen-bond donors (Lipinski definition) is 1. The van der Waals surface area contributed by atoms with E-state index in [0.29, 0.717) is 16.2 Å². The molecule has 0 aromatic carbocycles. The van der Waals surface area contributed by atoms with Crippen LogP contribution < -0.4 is 5.73 Å². The summed E-state index contributed by atoms with van der Waals surface area (Å²) in [7, 11) is -3.14. The highest BCUT2D eigenvalue weighted by molar-refractivity contribution is 7.91. The van der Waals surface area contributed by atoms with Crippen LogP contribution in [0.25, 0.3) is 0 Å². The monoisotopic (exact) mass is 439 g/mol. The van der Waals surface area contributed by atoms with Crippen molar-refractivity contribution >= 4 is 33.1 Å². The zero-order valence-electron chi connectivity index (χ0n) is 14.8. The van der Waals surface area contributed by atoms with Crippen LogP contribution in [0.5, 0.6) is 0 Å². The third kappa shape index (κ3) is 4.43.